The van der Waals surface area contributed by atoms with E-state index in [-0.39, 0.29) is 19.0 Å². The van der Waals surface area contributed by atoms with Gasteiger partial charge in [-0.05, 0) is 26.7 Å². The third kappa shape index (κ3) is 4.91. The number of ether oxygens (including phenoxy) is 1. The second kappa shape index (κ2) is 7.28. The summed E-state index contributed by atoms with van der Waals surface area (Å²) in [5.74, 6) is -1.43. The van der Waals surface area contributed by atoms with E-state index < -0.39 is 23.5 Å². The van der Waals surface area contributed by atoms with Crippen molar-refractivity contribution in [2.24, 2.45) is 0 Å². The molecule has 0 saturated heterocycles. The van der Waals surface area contributed by atoms with Crippen LogP contribution in [-0.2, 0) is 14.3 Å². The molecule has 1 saturated carbocycles. The van der Waals surface area contributed by atoms with E-state index >= 15 is 0 Å². The van der Waals surface area contributed by atoms with Crippen LogP contribution < -0.4 is 5.32 Å². The summed E-state index contributed by atoms with van der Waals surface area (Å²) in [4.78, 5) is 36.2. The molecule has 2 amide bonds. The lowest BCUT2D eigenvalue weighted by Gasteiger charge is -2.33. The van der Waals surface area contributed by atoms with Crippen molar-refractivity contribution in [2.45, 2.75) is 57.5 Å². The van der Waals surface area contributed by atoms with Crippen LogP contribution in [0.5, 0.6) is 0 Å². The predicted octanol–water partition coefficient (Wildman–Crippen LogP) is 1.37. The summed E-state index contributed by atoms with van der Waals surface area (Å²) in [5, 5.41) is 11.9. The molecule has 2 N–H and O–H groups in total. The van der Waals surface area contributed by atoms with Gasteiger partial charge >= 0.3 is 18.0 Å². The van der Waals surface area contributed by atoms with Crippen molar-refractivity contribution in [3.05, 3.63) is 0 Å². The van der Waals surface area contributed by atoms with Crippen molar-refractivity contribution in [3.8, 4) is 0 Å². The molecule has 0 aromatic carbocycles. The highest BCUT2D eigenvalue weighted by Gasteiger charge is 2.39. The summed E-state index contributed by atoms with van der Waals surface area (Å²) in [6, 6.07) is -0.606. The number of carbonyl (C=O) groups is 3. The Bertz CT molecular complexity index is 402. The van der Waals surface area contributed by atoms with Crippen LogP contribution in [0.15, 0.2) is 0 Å². The van der Waals surface area contributed by atoms with Crippen molar-refractivity contribution in [2.75, 3.05) is 13.7 Å². The molecule has 1 aliphatic rings. The Morgan fingerprint density at radius 2 is 1.86 bits per heavy atom. The van der Waals surface area contributed by atoms with Crippen molar-refractivity contribution < 1.29 is 24.2 Å². The van der Waals surface area contributed by atoms with Gasteiger partial charge in [0.25, 0.3) is 0 Å². The van der Waals surface area contributed by atoms with Crippen LogP contribution in [0.25, 0.3) is 0 Å². The molecule has 0 bridgehead atoms. The third-order valence-electron chi connectivity index (χ3n) is 3.83. The van der Waals surface area contributed by atoms with Gasteiger partial charge in [0.1, 0.15) is 6.54 Å². The molecule has 1 rings (SSSR count). The molecule has 0 atom stereocenters. The number of carbonyl (C=O) groups excluding carboxylic acids is 2. The van der Waals surface area contributed by atoms with Crippen LogP contribution in [0.1, 0.15) is 46.0 Å². The number of amides is 2. The number of aliphatic carboxylic acids is 1. The van der Waals surface area contributed by atoms with Gasteiger partial charge in [0, 0.05) is 6.04 Å². The van der Waals surface area contributed by atoms with Crippen molar-refractivity contribution in [1.29, 1.82) is 0 Å². The van der Waals surface area contributed by atoms with Crippen molar-refractivity contribution in [1.82, 2.24) is 10.2 Å². The minimum absolute atomic E-state index is 0.0943. The zero-order chi connectivity index (χ0) is 16.0. The molecular formula is C14H24N2O5. The molecule has 1 fully saturated rings. The van der Waals surface area contributed by atoms with Crippen LogP contribution in [0.4, 0.5) is 4.79 Å². The normalized spacial score (nSPS) is 16.6. The molecule has 0 aromatic heterocycles. The standard InChI is InChI=1S/C14H24N2O5/c1-10(2)16(9-12(19)21-3)13(20)15-14(8-11(17)18)6-4-5-7-14/h10H,4-9H2,1-3H3,(H,15,20)(H,17,18). The van der Waals surface area contributed by atoms with Gasteiger partial charge in [-0.15, -0.1) is 0 Å². The zero-order valence-corrected chi connectivity index (χ0v) is 12.8. The molecule has 0 spiro atoms. The molecular weight excluding hydrogens is 276 g/mol. The maximum Gasteiger partial charge on any atom is 0.325 e. The minimum Gasteiger partial charge on any atom is -0.481 e. The molecule has 120 valence electrons. The average molecular weight is 300 g/mol. The van der Waals surface area contributed by atoms with Gasteiger partial charge in [0.15, 0.2) is 0 Å². The maximum absolute atomic E-state index is 12.4. The number of carboxylic acid groups (broad SMARTS) is 1. The zero-order valence-electron chi connectivity index (χ0n) is 12.8. The lowest BCUT2D eigenvalue weighted by atomic mass is 9.93. The molecule has 0 heterocycles. The second-order valence-corrected chi connectivity index (χ2v) is 5.79. The van der Waals surface area contributed by atoms with Crippen molar-refractivity contribution in [3.63, 3.8) is 0 Å². The summed E-state index contributed by atoms with van der Waals surface area (Å²) in [6.07, 6.45) is 2.99. The van der Waals surface area contributed by atoms with Crippen molar-refractivity contribution >= 4 is 18.0 Å². The number of carboxylic acids is 1. The highest BCUT2D eigenvalue weighted by atomic mass is 16.5. The highest BCUT2D eigenvalue weighted by Crippen LogP contribution is 2.32. The van der Waals surface area contributed by atoms with Gasteiger partial charge in [-0.25, -0.2) is 4.79 Å². The van der Waals surface area contributed by atoms with Gasteiger partial charge in [-0.3, -0.25) is 9.59 Å². The van der Waals surface area contributed by atoms with Gasteiger partial charge in [0.05, 0.1) is 19.1 Å². The Morgan fingerprint density at radius 3 is 2.29 bits per heavy atom. The van der Waals surface area contributed by atoms with E-state index in [1.54, 1.807) is 13.8 Å². The van der Waals surface area contributed by atoms with E-state index in [9.17, 15) is 14.4 Å². The first-order valence-electron chi connectivity index (χ1n) is 7.17. The maximum atomic E-state index is 12.4. The molecule has 0 aromatic rings. The smallest absolute Gasteiger partial charge is 0.325 e. The number of hydrogen-bond donors (Lipinski definition) is 2. The van der Waals surface area contributed by atoms with Crippen LogP contribution in [-0.4, -0.2) is 53.2 Å². The number of esters is 1. The molecule has 1 aliphatic carbocycles. The van der Waals surface area contributed by atoms with Gasteiger partial charge in [0.2, 0.25) is 0 Å². The summed E-state index contributed by atoms with van der Waals surface area (Å²) in [7, 11) is 1.27. The Morgan fingerprint density at radius 1 is 1.29 bits per heavy atom. The Hall–Kier alpha value is -1.79. The van der Waals surface area contributed by atoms with Crippen LogP contribution >= 0.6 is 0 Å². The van der Waals surface area contributed by atoms with Crippen LogP contribution in [0.2, 0.25) is 0 Å². The van der Waals surface area contributed by atoms with Crippen LogP contribution in [0, 0.1) is 0 Å². The SMILES string of the molecule is COC(=O)CN(C(=O)NC1(CC(=O)O)CCCC1)C(C)C. The number of urea groups is 1. The van der Waals surface area contributed by atoms with Crippen LogP contribution in [0.3, 0.4) is 0 Å². The number of nitrogens with zero attached hydrogens (tertiary/aromatic N) is 1. The minimum atomic E-state index is -0.929. The molecule has 0 unspecified atom stereocenters. The average Bonchev–Trinajstić information content (AvgIpc) is 2.82. The summed E-state index contributed by atoms with van der Waals surface area (Å²) in [5.41, 5.74) is -0.702. The first kappa shape index (κ1) is 17.3. The molecule has 0 radical (unpaired) electrons. The number of rotatable bonds is 6. The fraction of sp³-hybridized carbons (Fsp3) is 0.786. The predicted molar refractivity (Wildman–Crippen MR) is 75.8 cm³/mol. The Balaban J connectivity index is 2.78. The fourth-order valence-electron chi connectivity index (χ4n) is 2.68. The lowest BCUT2D eigenvalue weighted by Crippen LogP contribution is -2.55. The second-order valence-electron chi connectivity index (χ2n) is 5.79. The first-order chi connectivity index (χ1) is 9.79. The molecule has 21 heavy (non-hydrogen) atoms. The number of nitrogens with one attached hydrogen (secondary N) is 1. The fourth-order valence-corrected chi connectivity index (χ4v) is 2.68. The summed E-state index contributed by atoms with van der Waals surface area (Å²) >= 11 is 0. The number of methoxy groups -OCH3 is 1. The van der Waals surface area contributed by atoms with E-state index in [1.165, 1.54) is 12.0 Å². The Labute approximate surface area is 124 Å². The first-order valence-corrected chi connectivity index (χ1v) is 7.17. The van der Waals surface area contributed by atoms with Gasteiger partial charge in [-0.2, -0.15) is 0 Å². The van der Waals surface area contributed by atoms with Gasteiger partial charge < -0.3 is 20.1 Å². The van der Waals surface area contributed by atoms with E-state index in [1.807, 2.05) is 0 Å². The van der Waals surface area contributed by atoms with E-state index in [0.717, 1.165) is 12.8 Å². The van der Waals surface area contributed by atoms with E-state index in [4.69, 9.17) is 5.11 Å². The molecule has 7 nitrogen and oxygen atoms in total. The number of hydrogen-bond acceptors (Lipinski definition) is 4. The van der Waals surface area contributed by atoms with E-state index in [2.05, 4.69) is 10.1 Å². The summed E-state index contributed by atoms with van der Waals surface area (Å²) in [6.45, 7) is 3.44. The molecule has 7 heteroatoms. The van der Waals surface area contributed by atoms with E-state index in [0.29, 0.717) is 12.8 Å². The highest BCUT2D eigenvalue weighted by molar-refractivity contribution is 5.82. The Kier molecular flexibility index (Phi) is 5.99. The quantitative estimate of drug-likeness (QED) is 0.722. The largest absolute Gasteiger partial charge is 0.481 e. The summed E-state index contributed by atoms with van der Waals surface area (Å²) < 4.78 is 4.59. The monoisotopic (exact) mass is 300 g/mol. The molecule has 0 aliphatic heterocycles. The van der Waals surface area contributed by atoms with Gasteiger partial charge in [-0.1, -0.05) is 12.8 Å². The lowest BCUT2D eigenvalue weighted by molar-refractivity contribution is -0.142. The topological polar surface area (TPSA) is 95.9 Å². The third-order valence-corrected chi connectivity index (χ3v) is 3.83.